The molecule has 0 bridgehead atoms. The van der Waals surface area contributed by atoms with E-state index < -0.39 is 11.9 Å². The van der Waals surface area contributed by atoms with E-state index in [1.54, 1.807) is 6.07 Å². The van der Waals surface area contributed by atoms with E-state index in [1.807, 2.05) is 0 Å². The van der Waals surface area contributed by atoms with Gasteiger partial charge in [-0.25, -0.2) is 4.79 Å². The van der Waals surface area contributed by atoms with Gasteiger partial charge in [0, 0.05) is 0 Å². The Kier molecular flexibility index (Phi) is 3.66. The molecule has 0 unspecified atom stereocenters. The molecule has 0 aliphatic carbocycles. The van der Waals surface area contributed by atoms with E-state index in [1.165, 1.54) is 19.2 Å². The fraction of sp³-hybridized carbons (Fsp3) is 0.0909. The zero-order valence-electron chi connectivity index (χ0n) is 8.69. The minimum absolute atomic E-state index is 0.0328. The number of carboxylic acids is 1. The molecular weight excluding hydrogens is 210 g/mol. The molecule has 1 aromatic rings. The van der Waals surface area contributed by atoms with Crippen LogP contribution in [0.4, 0.5) is 5.69 Å². The zero-order valence-corrected chi connectivity index (χ0v) is 8.69. The lowest BCUT2D eigenvalue weighted by atomic mass is 10.1. The van der Waals surface area contributed by atoms with Gasteiger partial charge in [0.1, 0.15) is 5.75 Å². The van der Waals surface area contributed by atoms with Crippen LogP contribution in [0.25, 0.3) is 0 Å². The van der Waals surface area contributed by atoms with Gasteiger partial charge in [0.25, 0.3) is 0 Å². The molecule has 0 heterocycles. The van der Waals surface area contributed by atoms with Gasteiger partial charge in [-0.15, -0.1) is 0 Å². The van der Waals surface area contributed by atoms with E-state index in [4.69, 9.17) is 9.84 Å². The molecule has 2 N–H and O–H groups in total. The summed E-state index contributed by atoms with van der Waals surface area (Å²) in [5.74, 6) is -1.19. The summed E-state index contributed by atoms with van der Waals surface area (Å²) < 4.78 is 4.90. The van der Waals surface area contributed by atoms with Crippen molar-refractivity contribution in [3.63, 3.8) is 0 Å². The maximum absolute atomic E-state index is 11.1. The molecule has 0 aliphatic rings. The van der Waals surface area contributed by atoms with Crippen LogP contribution in [-0.4, -0.2) is 24.1 Å². The minimum atomic E-state index is -1.14. The topological polar surface area (TPSA) is 75.6 Å². The molecule has 0 aliphatic heterocycles. The number of benzene rings is 1. The van der Waals surface area contributed by atoms with E-state index in [0.29, 0.717) is 5.75 Å². The molecule has 0 saturated carbocycles. The maximum Gasteiger partial charge on any atom is 0.337 e. The van der Waals surface area contributed by atoms with Crippen molar-refractivity contribution in [3.8, 4) is 5.75 Å². The molecule has 84 valence electrons. The van der Waals surface area contributed by atoms with Crippen LogP contribution in [0.15, 0.2) is 30.9 Å². The summed E-state index contributed by atoms with van der Waals surface area (Å²) in [6.45, 7) is 3.28. The van der Waals surface area contributed by atoms with Gasteiger partial charge in [-0.05, 0) is 24.3 Å². The van der Waals surface area contributed by atoms with E-state index >= 15 is 0 Å². The van der Waals surface area contributed by atoms with Crippen LogP contribution in [0.2, 0.25) is 0 Å². The van der Waals surface area contributed by atoms with Crippen LogP contribution < -0.4 is 10.1 Å². The first-order valence-electron chi connectivity index (χ1n) is 4.43. The highest BCUT2D eigenvalue weighted by molar-refractivity contribution is 6.04. The Morgan fingerprint density at radius 2 is 2.19 bits per heavy atom. The normalized spacial score (nSPS) is 9.31. The summed E-state index contributed by atoms with van der Waals surface area (Å²) in [6, 6.07) is 4.36. The number of carbonyl (C=O) groups is 2. The van der Waals surface area contributed by atoms with Gasteiger partial charge in [-0.2, -0.15) is 0 Å². The first-order valence-corrected chi connectivity index (χ1v) is 4.43. The molecule has 0 saturated heterocycles. The highest BCUT2D eigenvalue weighted by Crippen LogP contribution is 2.22. The van der Waals surface area contributed by atoms with Crippen LogP contribution in [0.3, 0.4) is 0 Å². The van der Waals surface area contributed by atoms with Crippen molar-refractivity contribution in [3.05, 3.63) is 36.4 Å². The Hall–Kier alpha value is -2.30. The monoisotopic (exact) mass is 221 g/mol. The second-order valence-electron chi connectivity index (χ2n) is 2.91. The molecule has 0 aromatic heterocycles. The van der Waals surface area contributed by atoms with Crippen molar-refractivity contribution in [2.45, 2.75) is 0 Å². The molecule has 5 heteroatoms. The fourth-order valence-corrected chi connectivity index (χ4v) is 1.12. The number of hydrogen-bond acceptors (Lipinski definition) is 3. The number of nitrogens with one attached hydrogen (secondary N) is 1. The molecule has 0 fully saturated rings. The van der Waals surface area contributed by atoms with Gasteiger partial charge in [0.15, 0.2) is 0 Å². The molecule has 0 spiro atoms. The average Bonchev–Trinajstić information content (AvgIpc) is 2.29. The summed E-state index contributed by atoms with van der Waals surface area (Å²) in [6.07, 6.45) is 1.07. The van der Waals surface area contributed by atoms with E-state index in [2.05, 4.69) is 11.9 Å². The summed E-state index contributed by atoms with van der Waals surface area (Å²) in [4.78, 5) is 22.0. The van der Waals surface area contributed by atoms with Gasteiger partial charge in [-0.1, -0.05) is 6.58 Å². The number of carbonyl (C=O) groups excluding carboxylic acids is 1. The van der Waals surface area contributed by atoms with Crippen molar-refractivity contribution in [2.24, 2.45) is 0 Å². The van der Waals surface area contributed by atoms with Crippen LogP contribution in [0.5, 0.6) is 5.75 Å². The first kappa shape index (κ1) is 11.8. The molecule has 1 rings (SSSR count). The van der Waals surface area contributed by atoms with Crippen molar-refractivity contribution < 1.29 is 19.4 Å². The number of aromatic carboxylic acids is 1. The van der Waals surface area contributed by atoms with Crippen LogP contribution >= 0.6 is 0 Å². The van der Waals surface area contributed by atoms with Crippen molar-refractivity contribution >= 4 is 17.6 Å². The standard InChI is InChI=1S/C11H11NO4/c1-3-10(13)12-9-5-4-7(16-2)6-8(9)11(14)15/h3-6H,1H2,2H3,(H,12,13)(H,14,15). The molecule has 0 atom stereocenters. The van der Waals surface area contributed by atoms with Gasteiger partial charge in [0.2, 0.25) is 5.91 Å². The SMILES string of the molecule is C=CC(=O)Nc1ccc(OC)cc1C(=O)O. The highest BCUT2D eigenvalue weighted by Gasteiger charge is 2.12. The first-order chi connectivity index (χ1) is 7.58. The van der Waals surface area contributed by atoms with Crippen molar-refractivity contribution in [1.29, 1.82) is 0 Å². The second kappa shape index (κ2) is 4.97. The van der Waals surface area contributed by atoms with E-state index in [9.17, 15) is 9.59 Å². The largest absolute Gasteiger partial charge is 0.497 e. The molecule has 1 amide bonds. The fourth-order valence-electron chi connectivity index (χ4n) is 1.12. The molecule has 5 nitrogen and oxygen atoms in total. The van der Waals surface area contributed by atoms with Crippen LogP contribution in [-0.2, 0) is 4.79 Å². The molecular formula is C11H11NO4. The van der Waals surface area contributed by atoms with Crippen molar-refractivity contribution in [2.75, 3.05) is 12.4 Å². The highest BCUT2D eigenvalue weighted by atomic mass is 16.5. The third kappa shape index (κ3) is 2.60. The zero-order chi connectivity index (χ0) is 12.1. The Bertz CT molecular complexity index is 440. The Balaban J connectivity index is 3.12. The van der Waals surface area contributed by atoms with Crippen LogP contribution in [0, 0.1) is 0 Å². The predicted octanol–water partition coefficient (Wildman–Crippen LogP) is 1.52. The maximum atomic E-state index is 11.1. The Labute approximate surface area is 92.3 Å². The number of anilines is 1. The van der Waals surface area contributed by atoms with Crippen molar-refractivity contribution in [1.82, 2.24) is 0 Å². The summed E-state index contributed by atoms with van der Waals surface area (Å²) >= 11 is 0. The smallest absolute Gasteiger partial charge is 0.337 e. The summed E-state index contributed by atoms with van der Waals surface area (Å²) in [7, 11) is 1.43. The number of methoxy groups -OCH3 is 1. The van der Waals surface area contributed by atoms with E-state index in [-0.39, 0.29) is 11.3 Å². The Morgan fingerprint density at radius 3 is 2.69 bits per heavy atom. The number of rotatable bonds is 4. The summed E-state index contributed by atoms with van der Waals surface area (Å²) in [5, 5.41) is 11.3. The third-order valence-corrected chi connectivity index (χ3v) is 1.90. The number of ether oxygens (including phenoxy) is 1. The van der Waals surface area contributed by atoms with Crippen LogP contribution in [0.1, 0.15) is 10.4 Å². The lowest BCUT2D eigenvalue weighted by Gasteiger charge is -2.08. The lowest BCUT2D eigenvalue weighted by Crippen LogP contribution is -2.11. The van der Waals surface area contributed by atoms with Gasteiger partial charge in [0.05, 0.1) is 18.4 Å². The number of carboxylic acid groups (broad SMARTS) is 1. The molecule has 1 aromatic carbocycles. The number of hydrogen-bond donors (Lipinski definition) is 2. The number of amides is 1. The molecule has 0 radical (unpaired) electrons. The quantitative estimate of drug-likeness (QED) is 0.756. The lowest BCUT2D eigenvalue weighted by molar-refractivity contribution is -0.111. The van der Waals surface area contributed by atoms with Gasteiger partial charge in [-0.3, -0.25) is 4.79 Å². The van der Waals surface area contributed by atoms with Gasteiger partial charge < -0.3 is 15.2 Å². The third-order valence-electron chi connectivity index (χ3n) is 1.90. The minimum Gasteiger partial charge on any atom is -0.497 e. The predicted molar refractivity (Wildman–Crippen MR) is 58.8 cm³/mol. The molecule has 16 heavy (non-hydrogen) atoms. The van der Waals surface area contributed by atoms with E-state index in [0.717, 1.165) is 6.08 Å². The summed E-state index contributed by atoms with van der Waals surface area (Å²) in [5.41, 5.74) is 0.174. The Morgan fingerprint density at radius 1 is 1.50 bits per heavy atom. The average molecular weight is 221 g/mol. The second-order valence-corrected chi connectivity index (χ2v) is 2.91. The van der Waals surface area contributed by atoms with Gasteiger partial charge >= 0.3 is 5.97 Å².